The Morgan fingerprint density at radius 2 is 1.75 bits per heavy atom. The van der Waals surface area contributed by atoms with Gasteiger partial charge in [-0.15, -0.1) is 11.3 Å². The van der Waals surface area contributed by atoms with E-state index in [1.54, 1.807) is 31.2 Å². The van der Waals surface area contributed by atoms with E-state index in [0.29, 0.717) is 35.3 Å². The van der Waals surface area contributed by atoms with Gasteiger partial charge in [0.2, 0.25) is 15.9 Å². The number of nitrogens with one attached hydrogen (secondary N) is 1. The third kappa shape index (κ3) is 5.24. The molecule has 0 saturated heterocycles. The van der Waals surface area contributed by atoms with Crippen LogP contribution in [0.4, 0.5) is 5.69 Å². The van der Waals surface area contributed by atoms with Gasteiger partial charge in [-0.05, 0) is 45.9 Å². The van der Waals surface area contributed by atoms with Gasteiger partial charge in [0.05, 0.1) is 24.7 Å². The zero-order chi connectivity index (χ0) is 20.9. The van der Waals surface area contributed by atoms with Crippen LogP contribution in [-0.4, -0.2) is 45.4 Å². The molecule has 154 valence electrons. The van der Waals surface area contributed by atoms with Gasteiger partial charge >= 0.3 is 0 Å². The molecule has 0 atom stereocenters. The van der Waals surface area contributed by atoms with Crippen molar-refractivity contribution >= 4 is 33.0 Å². The van der Waals surface area contributed by atoms with Gasteiger partial charge < -0.3 is 14.8 Å². The predicted molar refractivity (Wildman–Crippen MR) is 111 cm³/mol. The Morgan fingerprint density at radius 3 is 2.32 bits per heavy atom. The Labute approximate surface area is 170 Å². The normalized spacial score (nSPS) is 11.5. The van der Waals surface area contributed by atoms with Crippen LogP contribution in [0.15, 0.2) is 29.2 Å². The summed E-state index contributed by atoms with van der Waals surface area (Å²) in [6, 6.07) is 6.69. The Morgan fingerprint density at radius 1 is 1.11 bits per heavy atom. The zero-order valence-electron chi connectivity index (χ0n) is 16.7. The highest BCUT2D eigenvalue weighted by Gasteiger charge is 2.26. The van der Waals surface area contributed by atoms with Crippen LogP contribution in [-0.2, 0) is 14.8 Å². The number of thiophene rings is 1. The lowest BCUT2D eigenvalue weighted by atomic mass is 10.2. The molecule has 0 fully saturated rings. The first kappa shape index (κ1) is 22.2. The molecular formula is C19H26N2O5S2. The van der Waals surface area contributed by atoms with Gasteiger partial charge in [0, 0.05) is 28.6 Å². The number of hydrogen-bond donors (Lipinski definition) is 1. The zero-order valence-corrected chi connectivity index (χ0v) is 18.4. The highest BCUT2D eigenvalue weighted by molar-refractivity contribution is 7.89. The van der Waals surface area contributed by atoms with Crippen LogP contribution in [0.25, 0.3) is 0 Å². The first-order chi connectivity index (χ1) is 13.2. The second-order valence-electron chi connectivity index (χ2n) is 6.11. The second kappa shape index (κ2) is 9.40. The molecule has 0 saturated carbocycles. The summed E-state index contributed by atoms with van der Waals surface area (Å²) in [5.74, 6) is 0.667. The van der Waals surface area contributed by atoms with Gasteiger partial charge in [-0.1, -0.05) is 0 Å². The van der Waals surface area contributed by atoms with Crippen LogP contribution in [0, 0.1) is 13.8 Å². The van der Waals surface area contributed by atoms with Gasteiger partial charge in [-0.2, -0.15) is 4.31 Å². The lowest BCUT2D eigenvalue weighted by Gasteiger charge is -2.17. The summed E-state index contributed by atoms with van der Waals surface area (Å²) < 4.78 is 37.5. The van der Waals surface area contributed by atoms with Crippen molar-refractivity contribution in [2.75, 3.05) is 32.1 Å². The molecule has 0 spiro atoms. The van der Waals surface area contributed by atoms with Crippen molar-refractivity contribution in [2.45, 2.75) is 32.6 Å². The average molecular weight is 427 g/mol. The van der Waals surface area contributed by atoms with Crippen molar-refractivity contribution in [1.82, 2.24) is 4.31 Å². The molecule has 28 heavy (non-hydrogen) atoms. The van der Waals surface area contributed by atoms with Crippen LogP contribution in [0.2, 0.25) is 0 Å². The van der Waals surface area contributed by atoms with E-state index in [4.69, 9.17) is 9.47 Å². The molecule has 1 aromatic heterocycles. The van der Waals surface area contributed by atoms with E-state index >= 15 is 0 Å². The molecule has 9 heteroatoms. The summed E-state index contributed by atoms with van der Waals surface area (Å²) in [6.45, 7) is 7.99. The van der Waals surface area contributed by atoms with Gasteiger partial charge in [-0.3, -0.25) is 4.79 Å². The molecule has 0 unspecified atom stereocenters. The molecule has 0 aliphatic rings. The molecule has 1 heterocycles. The third-order valence-corrected chi connectivity index (χ3v) is 6.90. The molecule has 2 aromatic rings. The summed E-state index contributed by atoms with van der Waals surface area (Å²) in [5.41, 5.74) is 0.505. The fourth-order valence-corrected chi connectivity index (χ4v) is 5.29. The van der Waals surface area contributed by atoms with E-state index in [9.17, 15) is 13.2 Å². The SMILES string of the molecule is CCOc1ccc(NC(=O)CN(C)S(=O)(=O)c2cc(C)sc2C)cc1OCC. The van der Waals surface area contributed by atoms with E-state index in [-0.39, 0.29) is 11.4 Å². The van der Waals surface area contributed by atoms with Crippen molar-refractivity contribution in [3.05, 3.63) is 34.0 Å². The predicted octanol–water partition coefficient (Wildman–Crippen LogP) is 3.42. The summed E-state index contributed by atoms with van der Waals surface area (Å²) in [5, 5.41) is 2.71. The van der Waals surface area contributed by atoms with Crippen LogP contribution in [0.3, 0.4) is 0 Å². The molecule has 0 radical (unpaired) electrons. The Bertz CT molecular complexity index is 938. The molecule has 1 amide bonds. The first-order valence-corrected chi connectivity index (χ1v) is 11.2. The van der Waals surface area contributed by atoms with Crippen molar-refractivity contribution in [3.8, 4) is 11.5 Å². The maximum absolute atomic E-state index is 12.7. The number of aryl methyl sites for hydroxylation is 2. The number of sulfonamides is 1. The highest BCUT2D eigenvalue weighted by Crippen LogP contribution is 2.31. The largest absolute Gasteiger partial charge is 0.490 e. The fourth-order valence-electron chi connectivity index (χ4n) is 2.65. The number of likely N-dealkylation sites (N-methyl/N-ethyl adjacent to an activating group) is 1. The molecule has 7 nitrogen and oxygen atoms in total. The van der Waals surface area contributed by atoms with Crippen molar-refractivity contribution in [2.24, 2.45) is 0 Å². The lowest BCUT2D eigenvalue weighted by molar-refractivity contribution is -0.116. The number of amides is 1. The van der Waals surface area contributed by atoms with Gasteiger partial charge in [0.1, 0.15) is 0 Å². The molecule has 0 aliphatic carbocycles. The van der Waals surface area contributed by atoms with Crippen LogP contribution in [0.1, 0.15) is 23.6 Å². The second-order valence-corrected chi connectivity index (χ2v) is 9.59. The minimum Gasteiger partial charge on any atom is -0.490 e. The molecular weight excluding hydrogens is 400 g/mol. The number of ether oxygens (including phenoxy) is 2. The standard InChI is InChI=1S/C19H26N2O5S2/c1-6-25-16-9-8-15(11-17(16)26-7-2)20-19(22)12-21(5)28(23,24)18-10-13(3)27-14(18)4/h8-11H,6-7,12H2,1-5H3,(H,20,22). The molecule has 1 N–H and O–H groups in total. The van der Waals surface area contributed by atoms with Gasteiger partial charge in [0.15, 0.2) is 11.5 Å². The first-order valence-electron chi connectivity index (χ1n) is 8.91. The minimum absolute atomic E-state index is 0.241. The Hall–Kier alpha value is -2.10. The van der Waals surface area contributed by atoms with E-state index in [0.717, 1.165) is 9.18 Å². The third-order valence-electron chi connectivity index (χ3n) is 3.88. The summed E-state index contributed by atoms with van der Waals surface area (Å²) in [6.07, 6.45) is 0. The quantitative estimate of drug-likeness (QED) is 0.664. The topological polar surface area (TPSA) is 84.9 Å². The van der Waals surface area contributed by atoms with Crippen LogP contribution >= 0.6 is 11.3 Å². The Kier molecular flexibility index (Phi) is 7.45. The maximum Gasteiger partial charge on any atom is 0.244 e. The van der Waals surface area contributed by atoms with Crippen molar-refractivity contribution in [1.29, 1.82) is 0 Å². The fraction of sp³-hybridized carbons (Fsp3) is 0.421. The smallest absolute Gasteiger partial charge is 0.244 e. The van der Waals surface area contributed by atoms with Gasteiger partial charge in [-0.25, -0.2) is 8.42 Å². The summed E-state index contributed by atoms with van der Waals surface area (Å²) in [7, 11) is -2.33. The van der Waals surface area contributed by atoms with Crippen molar-refractivity contribution in [3.63, 3.8) is 0 Å². The number of benzene rings is 1. The number of carbonyl (C=O) groups is 1. The minimum atomic E-state index is -3.73. The molecule has 1 aromatic carbocycles. The van der Waals surface area contributed by atoms with Crippen LogP contribution < -0.4 is 14.8 Å². The number of hydrogen-bond acceptors (Lipinski definition) is 6. The van der Waals surface area contributed by atoms with E-state index < -0.39 is 15.9 Å². The van der Waals surface area contributed by atoms with Gasteiger partial charge in [0.25, 0.3) is 0 Å². The van der Waals surface area contributed by atoms with E-state index in [1.807, 2.05) is 20.8 Å². The Balaban J connectivity index is 2.11. The number of carbonyl (C=O) groups excluding carboxylic acids is 1. The number of rotatable bonds is 9. The molecule has 0 aliphatic heterocycles. The van der Waals surface area contributed by atoms with Crippen molar-refractivity contribution < 1.29 is 22.7 Å². The lowest BCUT2D eigenvalue weighted by Crippen LogP contribution is -2.35. The highest BCUT2D eigenvalue weighted by atomic mass is 32.2. The number of anilines is 1. The molecule has 2 rings (SSSR count). The monoisotopic (exact) mass is 426 g/mol. The van der Waals surface area contributed by atoms with E-state index in [1.165, 1.54) is 18.4 Å². The summed E-state index contributed by atoms with van der Waals surface area (Å²) in [4.78, 5) is 14.2. The maximum atomic E-state index is 12.7. The molecule has 0 bridgehead atoms. The van der Waals surface area contributed by atoms with E-state index in [2.05, 4.69) is 5.32 Å². The number of nitrogens with zero attached hydrogens (tertiary/aromatic N) is 1. The van der Waals surface area contributed by atoms with Crippen LogP contribution in [0.5, 0.6) is 11.5 Å². The average Bonchev–Trinajstić information content (AvgIpc) is 2.96. The summed E-state index contributed by atoms with van der Waals surface area (Å²) >= 11 is 1.41.